The Morgan fingerprint density at radius 1 is 1.53 bits per heavy atom. The summed E-state index contributed by atoms with van der Waals surface area (Å²) in [7, 11) is 2.12. The summed E-state index contributed by atoms with van der Waals surface area (Å²) in [5.74, 6) is 0.358. The number of aromatic nitrogens is 1. The summed E-state index contributed by atoms with van der Waals surface area (Å²) < 4.78 is 5.82. The minimum Gasteiger partial charge on any atom is -0.474 e. The Bertz CT molecular complexity index is 437. The SMILES string of the molecule is C=CC(=O)Nc1ccc(OC2CCN(C)CC2)nc1. The molecule has 1 aromatic rings. The molecule has 0 bridgehead atoms. The van der Waals surface area contributed by atoms with Crippen molar-refractivity contribution in [2.75, 3.05) is 25.5 Å². The van der Waals surface area contributed by atoms with E-state index in [1.165, 1.54) is 6.08 Å². The summed E-state index contributed by atoms with van der Waals surface area (Å²) in [6.07, 6.45) is 5.09. The number of rotatable bonds is 4. The van der Waals surface area contributed by atoms with E-state index in [2.05, 4.69) is 28.8 Å². The first-order valence-electron chi connectivity index (χ1n) is 6.42. The smallest absolute Gasteiger partial charge is 0.247 e. The molecule has 5 nitrogen and oxygen atoms in total. The standard InChI is InChI=1S/C14H19N3O2/c1-3-13(18)16-11-4-5-14(15-10-11)19-12-6-8-17(2)9-7-12/h3-5,10,12H,1,6-9H2,2H3,(H,16,18). The molecule has 0 radical (unpaired) electrons. The van der Waals surface area contributed by atoms with E-state index >= 15 is 0 Å². The number of ether oxygens (including phenoxy) is 1. The zero-order valence-electron chi connectivity index (χ0n) is 11.1. The highest BCUT2D eigenvalue weighted by Gasteiger charge is 2.18. The van der Waals surface area contributed by atoms with Crippen LogP contribution >= 0.6 is 0 Å². The molecule has 0 spiro atoms. The van der Waals surface area contributed by atoms with Crippen LogP contribution in [0.4, 0.5) is 5.69 Å². The predicted octanol–water partition coefficient (Wildman–Crippen LogP) is 1.68. The Morgan fingerprint density at radius 3 is 2.84 bits per heavy atom. The van der Waals surface area contributed by atoms with Gasteiger partial charge in [0, 0.05) is 19.2 Å². The van der Waals surface area contributed by atoms with Crippen molar-refractivity contribution in [1.29, 1.82) is 0 Å². The first-order chi connectivity index (χ1) is 9.17. The molecule has 102 valence electrons. The van der Waals surface area contributed by atoms with E-state index in [-0.39, 0.29) is 12.0 Å². The van der Waals surface area contributed by atoms with E-state index in [9.17, 15) is 4.79 Å². The number of hydrogen-bond acceptors (Lipinski definition) is 4. The van der Waals surface area contributed by atoms with Gasteiger partial charge in [-0.05, 0) is 32.0 Å². The highest BCUT2D eigenvalue weighted by Crippen LogP contribution is 2.17. The maximum atomic E-state index is 11.1. The summed E-state index contributed by atoms with van der Waals surface area (Å²) >= 11 is 0. The van der Waals surface area contributed by atoms with Crippen LogP contribution in [-0.4, -0.2) is 42.0 Å². The predicted molar refractivity (Wildman–Crippen MR) is 74.2 cm³/mol. The van der Waals surface area contributed by atoms with Crippen LogP contribution in [0.3, 0.4) is 0 Å². The average molecular weight is 261 g/mol. The largest absolute Gasteiger partial charge is 0.474 e. The van der Waals surface area contributed by atoms with Crippen molar-refractivity contribution >= 4 is 11.6 Å². The lowest BCUT2D eigenvalue weighted by Crippen LogP contribution is -2.35. The Kier molecular flexibility index (Phi) is 4.52. The van der Waals surface area contributed by atoms with Crippen LogP contribution in [-0.2, 0) is 4.79 Å². The van der Waals surface area contributed by atoms with Crippen molar-refractivity contribution in [2.45, 2.75) is 18.9 Å². The number of anilines is 1. The zero-order chi connectivity index (χ0) is 13.7. The summed E-state index contributed by atoms with van der Waals surface area (Å²) in [5.41, 5.74) is 0.639. The number of piperidine rings is 1. The first kappa shape index (κ1) is 13.5. The lowest BCUT2D eigenvalue weighted by molar-refractivity contribution is -0.111. The third-order valence-corrected chi connectivity index (χ3v) is 3.14. The highest BCUT2D eigenvalue weighted by atomic mass is 16.5. The van der Waals surface area contributed by atoms with Crippen molar-refractivity contribution in [3.63, 3.8) is 0 Å². The lowest BCUT2D eigenvalue weighted by atomic mass is 10.1. The van der Waals surface area contributed by atoms with E-state index in [0.717, 1.165) is 25.9 Å². The molecule has 1 amide bonds. The fourth-order valence-electron chi connectivity index (χ4n) is 1.99. The number of likely N-dealkylation sites (tertiary alicyclic amines) is 1. The van der Waals surface area contributed by atoms with Crippen LogP contribution in [0.25, 0.3) is 0 Å². The van der Waals surface area contributed by atoms with Crippen LogP contribution in [0, 0.1) is 0 Å². The summed E-state index contributed by atoms with van der Waals surface area (Å²) in [5, 5.41) is 2.65. The molecule has 1 fully saturated rings. The molecule has 5 heteroatoms. The molecule has 1 saturated heterocycles. The maximum Gasteiger partial charge on any atom is 0.247 e. The normalized spacial score (nSPS) is 16.9. The fraction of sp³-hybridized carbons (Fsp3) is 0.429. The van der Waals surface area contributed by atoms with Gasteiger partial charge in [-0.15, -0.1) is 0 Å². The number of carbonyl (C=O) groups is 1. The third-order valence-electron chi connectivity index (χ3n) is 3.14. The van der Waals surface area contributed by atoms with Gasteiger partial charge < -0.3 is 15.0 Å². The molecule has 2 rings (SSSR count). The van der Waals surface area contributed by atoms with Gasteiger partial charge in [-0.25, -0.2) is 4.98 Å². The Balaban J connectivity index is 1.88. The van der Waals surface area contributed by atoms with Gasteiger partial charge in [-0.3, -0.25) is 4.79 Å². The Hall–Kier alpha value is -1.88. The van der Waals surface area contributed by atoms with Crippen molar-refractivity contribution in [3.05, 3.63) is 31.0 Å². The van der Waals surface area contributed by atoms with Crippen LogP contribution in [0.5, 0.6) is 5.88 Å². The van der Waals surface area contributed by atoms with Gasteiger partial charge in [-0.1, -0.05) is 6.58 Å². The average Bonchev–Trinajstić information content (AvgIpc) is 2.43. The van der Waals surface area contributed by atoms with Gasteiger partial charge in [0.05, 0.1) is 11.9 Å². The zero-order valence-corrected chi connectivity index (χ0v) is 11.1. The Labute approximate surface area is 113 Å². The van der Waals surface area contributed by atoms with Gasteiger partial charge in [0.1, 0.15) is 6.10 Å². The molecule has 1 aliphatic heterocycles. The summed E-state index contributed by atoms with van der Waals surface area (Å²) in [6.45, 7) is 5.50. The number of hydrogen-bond donors (Lipinski definition) is 1. The van der Waals surface area contributed by atoms with E-state index in [4.69, 9.17) is 4.74 Å². The number of nitrogens with one attached hydrogen (secondary N) is 1. The second-order valence-electron chi connectivity index (χ2n) is 4.70. The molecule has 0 atom stereocenters. The maximum absolute atomic E-state index is 11.1. The molecule has 0 aromatic carbocycles. The Morgan fingerprint density at radius 2 is 2.26 bits per heavy atom. The number of carbonyl (C=O) groups excluding carboxylic acids is 1. The molecule has 1 aromatic heterocycles. The fourth-order valence-corrected chi connectivity index (χ4v) is 1.99. The third kappa shape index (κ3) is 4.06. The second kappa shape index (κ2) is 6.33. The van der Waals surface area contributed by atoms with E-state index in [1.54, 1.807) is 18.3 Å². The molecule has 0 saturated carbocycles. The number of nitrogens with zero attached hydrogens (tertiary/aromatic N) is 2. The van der Waals surface area contributed by atoms with Crippen molar-refractivity contribution in [2.24, 2.45) is 0 Å². The quantitative estimate of drug-likeness (QED) is 0.838. The minimum atomic E-state index is -0.245. The molecule has 1 aliphatic rings. The molecule has 0 unspecified atom stereocenters. The van der Waals surface area contributed by atoms with Crippen LogP contribution in [0.2, 0.25) is 0 Å². The van der Waals surface area contributed by atoms with Crippen LogP contribution in [0.15, 0.2) is 31.0 Å². The molecule has 2 heterocycles. The summed E-state index contributed by atoms with van der Waals surface area (Å²) in [4.78, 5) is 17.6. The van der Waals surface area contributed by atoms with Gasteiger partial charge in [0.15, 0.2) is 0 Å². The van der Waals surface area contributed by atoms with Gasteiger partial charge in [-0.2, -0.15) is 0 Å². The molecule has 19 heavy (non-hydrogen) atoms. The van der Waals surface area contributed by atoms with E-state index in [0.29, 0.717) is 11.6 Å². The number of amides is 1. The van der Waals surface area contributed by atoms with Crippen LogP contribution < -0.4 is 10.1 Å². The molecule has 0 aliphatic carbocycles. The highest BCUT2D eigenvalue weighted by molar-refractivity contribution is 5.98. The monoisotopic (exact) mass is 261 g/mol. The second-order valence-corrected chi connectivity index (χ2v) is 4.70. The summed E-state index contributed by atoms with van der Waals surface area (Å²) in [6, 6.07) is 3.55. The number of pyridine rings is 1. The topological polar surface area (TPSA) is 54.5 Å². The van der Waals surface area contributed by atoms with Gasteiger partial charge in [0.25, 0.3) is 0 Å². The van der Waals surface area contributed by atoms with E-state index < -0.39 is 0 Å². The minimum absolute atomic E-state index is 0.234. The van der Waals surface area contributed by atoms with Crippen molar-refractivity contribution in [1.82, 2.24) is 9.88 Å². The molecular formula is C14H19N3O2. The molecule has 1 N–H and O–H groups in total. The van der Waals surface area contributed by atoms with Gasteiger partial charge >= 0.3 is 0 Å². The van der Waals surface area contributed by atoms with Crippen molar-refractivity contribution in [3.8, 4) is 5.88 Å². The first-order valence-corrected chi connectivity index (χ1v) is 6.42. The lowest BCUT2D eigenvalue weighted by Gasteiger charge is -2.28. The van der Waals surface area contributed by atoms with E-state index in [1.807, 2.05) is 0 Å². The molecular weight excluding hydrogens is 242 g/mol. The van der Waals surface area contributed by atoms with Crippen molar-refractivity contribution < 1.29 is 9.53 Å². The van der Waals surface area contributed by atoms with Gasteiger partial charge in [0.2, 0.25) is 11.8 Å². The van der Waals surface area contributed by atoms with Crippen LogP contribution in [0.1, 0.15) is 12.8 Å².